The second kappa shape index (κ2) is 9.21. The van der Waals surface area contributed by atoms with Gasteiger partial charge in [0.15, 0.2) is 0 Å². The minimum atomic E-state index is -0.635. The summed E-state index contributed by atoms with van der Waals surface area (Å²) in [6, 6.07) is 19.9. The number of hydrogen-bond acceptors (Lipinski definition) is 4. The van der Waals surface area contributed by atoms with E-state index in [0.717, 1.165) is 16.9 Å². The number of imide groups is 1. The Kier molecular flexibility index (Phi) is 6.09. The third-order valence-electron chi connectivity index (χ3n) is 6.30. The second-order valence-electron chi connectivity index (χ2n) is 8.47. The summed E-state index contributed by atoms with van der Waals surface area (Å²) in [6.07, 6.45) is 0.803. The molecule has 1 N–H and O–H groups in total. The van der Waals surface area contributed by atoms with Crippen LogP contribution in [-0.2, 0) is 22.6 Å². The van der Waals surface area contributed by atoms with Crippen molar-refractivity contribution in [1.29, 1.82) is 0 Å². The summed E-state index contributed by atoms with van der Waals surface area (Å²) < 4.78 is 0. The van der Waals surface area contributed by atoms with Gasteiger partial charge in [-0.1, -0.05) is 59.6 Å². The maximum atomic E-state index is 13.2. The number of nitrogens with zero attached hydrogens (tertiary/aromatic N) is 2. The van der Waals surface area contributed by atoms with E-state index < -0.39 is 11.8 Å². The number of rotatable bonds is 4. The molecule has 3 aromatic carbocycles. The summed E-state index contributed by atoms with van der Waals surface area (Å²) in [5.74, 6) is -1.33. The lowest BCUT2D eigenvalue weighted by Gasteiger charge is -2.29. The summed E-state index contributed by atoms with van der Waals surface area (Å²) in [4.78, 5) is 42.0. The van der Waals surface area contributed by atoms with Crippen molar-refractivity contribution >= 4 is 52.3 Å². The third kappa shape index (κ3) is 4.20. The molecule has 0 spiro atoms. The fraction of sp³-hybridized carbons (Fsp3) is 0.148. The van der Waals surface area contributed by atoms with E-state index >= 15 is 0 Å². The van der Waals surface area contributed by atoms with Crippen LogP contribution in [-0.4, -0.2) is 29.2 Å². The summed E-state index contributed by atoms with van der Waals surface area (Å²) in [7, 11) is 0. The Morgan fingerprint density at radius 2 is 1.66 bits per heavy atom. The highest BCUT2D eigenvalue weighted by Gasteiger charge is 2.39. The van der Waals surface area contributed by atoms with Crippen LogP contribution in [0.2, 0.25) is 5.02 Å². The van der Waals surface area contributed by atoms with Crippen molar-refractivity contribution in [3.05, 3.63) is 105 Å². The van der Waals surface area contributed by atoms with Gasteiger partial charge in [0, 0.05) is 29.4 Å². The number of benzene rings is 3. The number of amides is 3. The van der Waals surface area contributed by atoms with Crippen LogP contribution >= 0.6 is 23.2 Å². The lowest BCUT2D eigenvalue weighted by molar-refractivity contribution is -0.120. The van der Waals surface area contributed by atoms with Gasteiger partial charge in [0.1, 0.15) is 10.7 Å². The molecule has 2 aliphatic rings. The molecule has 2 heterocycles. The molecule has 0 bridgehead atoms. The number of fused-ring (bicyclic) bond motifs is 1. The zero-order valence-corrected chi connectivity index (χ0v) is 20.4. The van der Waals surface area contributed by atoms with E-state index in [1.807, 2.05) is 23.1 Å². The molecule has 35 heavy (non-hydrogen) atoms. The molecule has 6 nitrogen and oxygen atoms in total. The van der Waals surface area contributed by atoms with E-state index in [9.17, 15) is 14.4 Å². The van der Waals surface area contributed by atoms with Crippen molar-refractivity contribution in [2.24, 2.45) is 0 Å². The number of anilines is 2. The number of hydrogen-bond donors (Lipinski definition) is 1. The lowest BCUT2D eigenvalue weighted by Crippen LogP contribution is -2.36. The Bertz CT molecular complexity index is 1420. The molecule has 5 rings (SSSR count). The highest BCUT2D eigenvalue weighted by atomic mass is 35.5. The van der Waals surface area contributed by atoms with Crippen molar-refractivity contribution < 1.29 is 14.4 Å². The fourth-order valence-corrected chi connectivity index (χ4v) is 4.78. The Hall–Kier alpha value is -3.61. The minimum absolute atomic E-state index is 0.0486. The van der Waals surface area contributed by atoms with E-state index in [0.29, 0.717) is 40.6 Å². The van der Waals surface area contributed by atoms with Crippen LogP contribution in [0, 0.1) is 6.92 Å². The van der Waals surface area contributed by atoms with E-state index in [1.54, 1.807) is 49.4 Å². The normalized spacial score (nSPS) is 15.5. The molecule has 0 saturated carbocycles. The van der Waals surface area contributed by atoms with Crippen LogP contribution in [0.15, 0.2) is 77.5 Å². The van der Waals surface area contributed by atoms with E-state index in [2.05, 4.69) is 11.4 Å². The van der Waals surface area contributed by atoms with Gasteiger partial charge in [0.05, 0.1) is 5.69 Å². The topological polar surface area (TPSA) is 69.7 Å². The maximum absolute atomic E-state index is 13.2. The van der Waals surface area contributed by atoms with E-state index in [4.69, 9.17) is 23.2 Å². The number of nitrogens with one attached hydrogen (secondary N) is 1. The van der Waals surface area contributed by atoms with Gasteiger partial charge in [-0.2, -0.15) is 0 Å². The van der Waals surface area contributed by atoms with Gasteiger partial charge < -0.3 is 10.2 Å². The molecular weight excluding hydrogens is 485 g/mol. The average molecular weight is 506 g/mol. The second-order valence-corrected chi connectivity index (χ2v) is 9.26. The first-order valence-electron chi connectivity index (χ1n) is 11.1. The number of carbonyl (C=O) groups excluding carboxylic acids is 3. The average Bonchev–Trinajstić information content (AvgIpc) is 3.08. The Balaban J connectivity index is 1.37. The molecule has 0 fully saturated rings. The zero-order chi connectivity index (χ0) is 24.7. The Morgan fingerprint density at radius 3 is 2.46 bits per heavy atom. The number of halogens is 2. The summed E-state index contributed by atoms with van der Waals surface area (Å²) in [6.45, 7) is 2.90. The van der Waals surface area contributed by atoms with E-state index in [-0.39, 0.29) is 16.6 Å². The van der Waals surface area contributed by atoms with Crippen LogP contribution < -0.4 is 10.2 Å². The third-order valence-corrected chi connectivity index (χ3v) is 7.06. The monoisotopic (exact) mass is 505 g/mol. The van der Waals surface area contributed by atoms with Crippen molar-refractivity contribution in [1.82, 2.24) is 4.90 Å². The molecule has 0 aliphatic carbocycles. The van der Waals surface area contributed by atoms with Crippen molar-refractivity contribution in [3.8, 4) is 0 Å². The van der Waals surface area contributed by atoms with Crippen LogP contribution in [0.25, 0.3) is 0 Å². The zero-order valence-electron chi connectivity index (χ0n) is 18.8. The van der Waals surface area contributed by atoms with Crippen LogP contribution in [0.4, 0.5) is 11.4 Å². The first-order valence-corrected chi connectivity index (χ1v) is 11.9. The van der Waals surface area contributed by atoms with Gasteiger partial charge in [-0.05, 0) is 60.4 Å². The quantitative estimate of drug-likeness (QED) is 0.489. The Labute approximate surface area is 212 Å². The molecular formula is C27H21Cl2N3O3. The SMILES string of the molecule is Cc1c(Cl)cccc1N1C(=O)C(Cl)=C(Nc2cccc(C(=O)N3CCc4ccccc4C3)c2)C1=O. The largest absolute Gasteiger partial charge is 0.350 e. The molecule has 0 saturated heterocycles. The standard InChI is InChI=1S/C27H21Cl2N3O3/c1-16-21(28)10-5-11-22(16)32-26(34)23(29)24(27(32)35)30-20-9-4-8-18(14-20)25(33)31-13-12-17-6-2-3-7-19(17)15-31/h2-11,14,30H,12-13,15H2,1H3. The summed E-state index contributed by atoms with van der Waals surface area (Å²) in [5, 5.41) is 3.16. The summed E-state index contributed by atoms with van der Waals surface area (Å²) >= 11 is 12.5. The predicted octanol–water partition coefficient (Wildman–Crippen LogP) is 5.28. The first-order chi connectivity index (χ1) is 16.8. The van der Waals surface area contributed by atoms with Gasteiger partial charge in [0.2, 0.25) is 0 Å². The highest BCUT2D eigenvalue weighted by molar-refractivity contribution is 6.53. The fourth-order valence-electron chi connectivity index (χ4n) is 4.39. The molecule has 0 radical (unpaired) electrons. The minimum Gasteiger partial charge on any atom is -0.350 e. The molecule has 3 amide bonds. The maximum Gasteiger partial charge on any atom is 0.283 e. The van der Waals surface area contributed by atoms with Gasteiger partial charge in [0.25, 0.3) is 17.7 Å². The smallest absolute Gasteiger partial charge is 0.283 e. The van der Waals surface area contributed by atoms with Crippen LogP contribution in [0.5, 0.6) is 0 Å². The van der Waals surface area contributed by atoms with Gasteiger partial charge in [-0.15, -0.1) is 0 Å². The summed E-state index contributed by atoms with van der Waals surface area (Å²) in [5.41, 5.74) is 4.28. The molecule has 0 unspecified atom stereocenters. The first kappa shape index (κ1) is 23.1. The van der Waals surface area contributed by atoms with Gasteiger partial charge >= 0.3 is 0 Å². The molecule has 176 valence electrons. The van der Waals surface area contributed by atoms with Crippen LogP contribution in [0.1, 0.15) is 27.0 Å². The van der Waals surface area contributed by atoms with Crippen molar-refractivity contribution in [3.63, 3.8) is 0 Å². The van der Waals surface area contributed by atoms with Gasteiger partial charge in [-0.3, -0.25) is 14.4 Å². The predicted molar refractivity (Wildman–Crippen MR) is 137 cm³/mol. The Morgan fingerprint density at radius 1 is 0.914 bits per heavy atom. The molecule has 8 heteroatoms. The van der Waals surface area contributed by atoms with Crippen molar-refractivity contribution in [2.45, 2.75) is 19.9 Å². The van der Waals surface area contributed by atoms with Crippen molar-refractivity contribution in [2.75, 3.05) is 16.8 Å². The molecule has 3 aromatic rings. The van der Waals surface area contributed by atoms with Gasteiger partial charge in [-0.25, -0.2) is 4.90 Å². The highest BCUT2D eigenvalue weighted by Crippen LogP contribution is 2.34. The molecule has 0 aromatic heterocycles. The van der Waals surface area contributed by atoms with E-state index in [1.165, 1.54) is 5.56 Å². The van der Waals surface area contributed by atoms with Crippen LogP contribution in [0.3, 0.4) is 0 Å². The lowest BCUT2D eigenvalue weighted by atomic mass is 9.99. The molecule has 0 atom stereocenters. The molecule has 2 aliphatic heterocycles. The number of carbonyl (C=O) groups is 3.